The van der Waals surface area contributed by atoms with Crippen LogP contribution in [-0.4, -0.2) is 90.6 Å². The molecule has 0 spiro atoms. The lowest BCUT2D eigenvalue weighted by Crippen LogP contribution is -2.61. The van der Waals surface area contributed by atoms with Gasteiger partial charge in [0.1, 0.15) is 65.4 Å². The maximum atomic E-state index is 11.7. The van der Waals surface area contributed by atoms with E-state index in [1.807, 2.05) is 0 Å². The van der Waals surface area contributed by atoms with Gasteiger partial charge in [0.05, 0.1) is 6.61 Å². The third-order valence-electron chi connectivity index (χ3n) is 7.89. The van der Waals surface area contributed by atoms with Crippen molar-refractivity contribution in [3.63, 3.8) is 0 Å². The van der Waals surface area contributed by atoms with Crippen molar-refractivity contribution in [2.45, 2.75) is 49.8 Å². The van der Waals surface area contributed by atoms with Gasteiger partial charge in [-0.25, -0.2) is 9.79 Å². The molecular formula is C34H32N2O13. The lowest BCUT2D eigenvalue weighted by atomic mass is 9.99. The van der Waals surface area contributed by atoms with Crippen LogP contribution in [0.1, 0.15) is 29.2 Å². The van der Waals surface area contributed by atoms with Crippen LogP contribution < -0.4 is 18.9 Å². The summed E-state index contributed by atoms with van der Waals surface area (Å²) in [4.78, 5) is 15.7. The summed E-state index contributed by atoms with van der Waals surface area (Å²) in [7, 11) is 0. The summed E-state index contributed by atoms with van der Waals surface area (Å²) in [5.74, 6) is -2.71. The van der Waals surface area contributed by atoms with Crippen molar-refractivity contribution in [1.82, 2.24) is 0 Å². The van der Waals surface area contributed by atoms with E-state index in [0.29, 0.717) is 29.9 Å². The van der Waals surface area contributed by atoms with Crippen molar-refractivity contribution in [2.75, 3.05) is 6.61 Å². The van der Waals surface area contributed by atoms with Crippen molar-refractivity contribution < 1.29 is 64.2 Å². The zero-order valence-corrected chi connectivity index (χ0v) is 25.5. The van der Waals surface area contributed by atoms with Crippen molar-refractivity contribution in [3.05, 3.63) is 89.5 Å². The maximum absolute atomic E-state index is 11.7. The summed E-state index contributed by atoms with van der Waals surface area (Å²) in [6.45, 7) is 0.117. The molecule has 1 unspecified atom stereocenters. The quantitative estimate of drug-likeness (QED) is 0.146. The van der Waals surface area contributed by atoms with Crippen LogP contribution in [0.15, 0.2) is 77.8 Å². The van der Waals surface area contributed by atoms with Crippen molar-refractivity contribution in [2.24, 2.45) is 4.99 Å². The fraction of sp³-hybridized carbons (Fsp3) is 0.265. The van der Waals surface area contributed by atoms with E-state index in [0.717, 1.165) is 5.71 Å². The predicted octanol–water partition coefficient (Wildman–Crippen LogP) is 2.74. The second-order valence-corrected chi connectivity index (χ2v) is 11.3. The van der Waals surface area contributed by atoms with Crippen molar-refractivity contribution >= 4 is 23.3 Å². The summed E-state index contributed by atoms with van der Waals surface area (Å²) >= 11 is 0. The van der Waals surface area contributed by atoms with Crippen molar-refractivity contribution in [3.8, 4) is 34.5 Å². The number of fused-ring (bicyclic) bond motifs is 1. The molecule has 15 nitrogen and oxygen atoms in total. The largest absolute Gasteiger partial charge is 0.508 e. The first-order chi connectivity index (χ1) is 23.5. The molecule has 15 heteroatoms. The molecule has 256 valence electrons. The standard InChI is InChI=1S/C34H32N2O13/c35-25-9-6-18(36-25)10-11-45-20-7-4-17(5-8-20)22-13-21(38)26-23(47-22)14-24(31(27(26)39)46-15-16-2-1-3-19(37)12-16)48-34-30(42)28(40)29(41)32(49-34)33(43)44/h1-9,12-14,22,28-30,32,34-35,37-42H,10-11,15H2,(H,43,44)/t22?,28-,29+,30-,32+,34-/m1/s1. The number of benzene rings is 3. The minimum absolute atomic E-state index is 0.0450. The van der Waals surface area contributed by atoms with E-state index < -0.39 is 48.5 Å². The molecule has 6 rings (SSSR count). The smallest absolute Gasteiger partial charge is 0.335 e. The number of amidine groups is 1. The van der Waals surface area contributed by atoms with Gasteiger partial charge in [0.2, 0.25) is 12.0 Å². The Morgan fingerprint density at radius 1 is 0.939 bits per heavy atom. The number of rotatable bonds is 11. The molecule has 0 aromatic heterocycles. The van der Waals surface area contributed by atoms with Gasteiger partial charge >= 0.3 is 5.97 Å². The Bertz CT molecular complexity index is 1840. The average Bonchev–Trinajstić information content (AvgIpc) is 3.49. The molecule has 0 bridgehead atoms. The predicted molar refractivity (Wildman–Crippen MR) is 170 cm³/mol. The second kappa shape index (κ2) is 13.9. The number of aliphatic hydroxyl groups is 4. The van der Waals surface area contributed by atoms with Gasteiger partial charge in [0.15, 0.2) is 17.6 Å². The van der Waals surface area contributed by atoms with Gasteiger partial charge in [0.25, 0.3) is 0 Å². The number of nitrogens with one attached hydrogen (secondary N) is 1. The van der Waals surface area contributed by atoms with E-state index in [1.165, 1.54) is 24.3 Å². The molecular weight excluding hydrogens is 644 g/mol. The SMILES string of the molecule is N=C1C=CC(CCOc2ccc(C3C=C(O)c4c(cc(O[C@@H]5O[C@H](C(=O)O)[C@@H](O)[C@@H](O)[C@H]5O)c(OCc5cccc(O)c5)c4O)O3)cc2)=N1. The van der Waals surface area contributed by atoms with Crippen LogP contribution in [-0.2, 0) is 16.1 Å². The number of nitrogens with zero attached hydrogens (tertiary/aromatic N) is 1. The highest BCUT2D eigenvalue weighted by Crippen LogP contribution is 2.51. The Labute approximate surface area is 278 Å². The first-order valence-electron chi connectivity index (χ1n) is 15.0. The van der Waals surface area contributed by atoms with Gasteiger partial charge in [-0.15, -0.1) is 0 Å². The van der Waals surface area contributed by atoms with Crippen LogP contribution in [0.2, 0.25) is 0 Å². The number of aromatic hydroxyl groups is 2. The number of carboxylic acids is 1. The monoisotopic (exact) mass is 676 g/mol. The number of phenolic OH excluding ortho intramolecular Hbond substituents is 2. The third-order valence-corrected chi connectivity index (χ3v) is 7.89. The minimum Gasteiger partial charge on any atom is -0.508 e. The Hall–Kier alpha value is -5.61. The molecule has 3 heterocycles. The Morgan fingerprint density at radius 2 is 1.71 bits per heavy atom. The first-order valence-corrected chi connectivity index (χ1v) is 15.0. The van der Waals surface area contributed by atoms with Gasteiger partial charge in [-0.1, -0.05) is 24.3 Å². The van der Waals surface area contributed by atoms with Crippen LogP contribution in [0.4, 0.5) is 0 Å². The second-order valence-electron chi connectivity index (χ2n) is 11.3. The molecule has 6 atom stereocenters. The van der Waals surface area contributed by atoms with Gasteiger partial charge in [-0.2, -0.15) is 0 Å². The van der Waals surface area contributed by atoms with E-state index >= 15 is 0 Å². The van der Waals surface area contributed by atoms with Crippen molar-refractivity contribution in [1.29, 1.82) is 5.41 Å². The molecule has 0 saturated carbocycles. The topological polar surface area (TPSA) is 241 Å². The molecule has 0 amide bonds. The molecule has 3 aliphatic rings. The fourth-order valence-corrected chi connectivity index (χ4v) is 5.38. The summed E-state index contributed by atoms with van der Waals surface area (Å²) in [6.07, 6.45) is -5.31. The normalized spacial score (nSPS) is 24.3. The Balaban J connectivity index is 1.26. The molecule has 49 heavy (non-hydrogen) atoms. The number of allylic oxidation sites excluding steroid dienone is 1. The zero-order valence-electron chi connectivity index (χ0n) is 25.5. The fourth-order valence-electron chi connectivity index (χ4n) is 5.38. The number of carbonyl (C=O) groups is 1. The van der Waals surface area contributed by atoms with E-state index in [4.69, 9.17) is 29.1 Å². The molecule has 1 saturated heterocycles. The molecule has 3 aromatic rings. The van der Waals surface area contributed by atoms with Gasteiger partial charge in [-0.05, 0) is 47.5 Å². The summed E-state index contributed by atoms with van der Waals surface area (Å²) in [5.41, 5.74) is 1.67. The lowest BCUT2D eigenvalue weighted by Gasteiger charge is -2.38. The summed E-state index contributed by atoms with van der Waals surface area (Å²) in [5, 5.41) is 80.3. The number of hydrogen-bond donors (Lipinski definition) is 8. The molecule has 8 N–H and O–H groups in total. The minimum atomic E-state index is -1.97. The van der Waals surface area contributed by atoms with Gasteiger partial charge in [-0.3, -0.25) is 5.41 Å². The molecule has 3 aliphatic heterocycles. The third kappa shape index (κ3) is 7.14. The number of aliphatic carboxylic acids is 1. The average molecular weight is 677 g/mol. The van der Waals surface area contributed by atoms with E-state index in [2.05, 4.69) is 4.99 Å². The maximum Gasteiger partial charge on any atom is 0.335 e. The number of ether oxygens (including phenoxy) is 5. The van der Waals surface area contributed by atoms with Crippen LogP contribution in [0.25, 0.3) is 5.76 Å². The first kappa shape index (κ1) is 33.3. The van der Waals surface area contributed by atoms with Crippen LogP contribution in [0, 0.1) is 5.41 Å². The van der Waals surface area contributed by atoms with E-state index in [-0.39, 0.29) is 46.8 Å². The lowest BCUT2D eigenvalue weighted by molar-refractivity contribution is -0.271. The van der Waals surface area contributed by atoms with Gasteiger partial charge in [0, 0.05) is 24.3 Å². The summed E-state index contributed by atoms with van der Waals surface area (Å²) in [6, 6.07) is 14.1. The van der Waals surface area contributed by atoms with Crippen LogP contribution >= 0.6 is 0 Å². The van der Waals surface area contributed by atoms with Crippen LogP contribution in [0.3, 0.4) is 0 Å². The molecule has 0 radical (unpaired) electrons. The van der Waals surface area contributed by atoms with Gasteiger partial charge < -0.3 is 59.4 Å². The highest BCUT2D eigenvalue weighted by Gasteiger charge is 2.48. The highest BCUT2D eigenvalue weighted by molar-refractivity contribution is 6.14. The molecule has 1 fully saturated rings. The van der Waals surface area contributed by atoms with E-state index in [1.54, 1.807) is 48.6 Å². The number of phenols is 2. The number of hydrogen-bond acceptors (Lipinski definition) is 13. The number of aliphatic imine (C=N–C) groups is 1. The Kier molecular flexibility index (Phi) is 9.42. The van der Waals surface area contributed by atoms with E-state index in [9.17, 15) is 40.5 Å². The Morgan fingerprint density at radius 3 is 2.41 bits per heavy atom. The highest BCUT2D eigenvalue weighted by atomic mass is 16.7. The molecule has 0 aliphatic carbocycles. The summed E-state index contributed by atoms with van der Waals surface area (Å²) < 4.78 is 28.8. The number of aliphatic hydroxyl groups excluding tert-OH is 4. The zero-order chi connectivity index (χ0) is 34.8. The molecule has 3 aromatic carbocycles. The number of carboxylic acid groups (broad SMARTS) is 1. The van der Waals surface area contributed by atoms with Crippen LogP contribution in [0.5, 0.6) is 34.5 Å².